The van der Waals surface area contributed by atoms with Crippen LogP contribution in [0.5, 0.6) is 0 Å². The van der Waals surface area contributed by atoms with Crippen LogP contribution in [0.2, 0.25) is 0 Å². The molecule has 0 aliphatic carbocycles. The maximum atomic E-state index is 12.4. The van der Waals surface area contributed by atoms with E-state index in [1.165, 1.54) is 0 Å². The minimum atomic E-state index is -3.78. The van der Waals surface area contributed by atoms with E-state index in [2.05, 4.69) is 0 Å². The van der Waals surface area contributed by atoms with E-state index in [1.807, 2.05) is 60.7 Å². The fourth-order valence-electron chi connectivity index (χ4n) is 1.98. The Labute approximate surface area is 121 Å². The highest BCUT2D eigenvalue weighted by Gasteiger charge is 2.24. The van der Waals surface area contributed by atoms with E-state index in [4.69, 9.17) is 5.14 Å². The Kier molecular flexibility index (Phi) is 4.69. The van der Waals surface area contributed by atoms with Crippen LogP contribution in [0.15, 0.2) is 60.7 Å². The lowest BCUT2D eigenvalue weighted by Gasteiger charge is -2.17. The molecule has 0 bridgehead atoms. The molecule has 2 N–H and O–H groups in total. The highest BCUT2D eigenvalue weighted by molar-refractivity contribution is 8.04. The van der Waals surface area contributed by atoms with Gasteiger partial charge in [-0.1, -0.05) is 60.7 Å². The number of sulfonamides is 1. The van der Waals surface area contributed by atoms with E-state index < -0.39 is 31.2 Å². The summed E-state index contributed by atoms with van der Waals surface area (Å²) < 4.78 is 34.8. The Bertz CT molecular complexity index is 645. The predicted molar refractivity (Wildman–Crippen MR) is 80.8 cm³/mol. The van der Waals surface area contributed by atoms with E-state index in [0.29, 0.717) is 0 Å². The SMILES string of the molecule is NS(=O)(=O)CS(=O)C(c1ccccc1)c1ccccc1. The van der Waals surface area contributed by atoms with Crippen molar-refractivity contribution in [2.75, 3.05) is 5.08 Å². The van der Waals surface area contributed by atoms with Crippen LogP contribution in [0.1, 0.15) is 16.4 Å². The number of hydrogen-bond donors (Lipinski definition) is 1. The first-order valence-corrected chi connectivity index (χ1v) is 9.04. The molecule has 0 amide bonds. The number of nitrogens with two attached hydrogens (primary N) is 1. The monoisotopic (exact) mass is 309 g/mol. The predicted octanol–water partition coefficient (Wildman–Crippen LogP) is 1.77. The van der Waals surface area contributed by atoms with Gasteiger partial charge >= 0.3 is 0 Å². The van der Waals surface area contributed by atoms with Crippen molar-refractivity contribution in [1.29, 1.82) is 0 Å². The first-order valence-electron chi connectivity index (χ1n) is 5.95. The number of rotatable bonds is 5. The molecule has 0 saturated heterocycles. The van der Waals surface area contributed by atoms with Crippen molar-refractivity contribution >= 4 is 20.8 Å². The van der Waals surface area contributed by atoms with Gasteiger partial charge in [0.2, 0.25) is 10.0 Å². The van der Waals surface area contributed by atoms with E-state index in [1.54, 1.807) is 0 Å². The van der Waals surface area contributed by atoms with E-state index >= 15 is 0 Å². The summed E-state index contributed by atoms with van der Waals surface area (Å²) in [7, 11) is -5.43. The largest absolute Gasteiger partial charge is 0.257 e. The second kappa shape index (κ2) is 6.30. The van der Waals surface area contributed by atoms with Crippen molar-refractivity contribution in [3.8, 4) is 0 Å². The topological polar surface area (TPSA) is 77.2 Å². The molecule has 2 aromatic carbocycles. The summed E-state index contributed by atoms with van der Waals surface area (Å²) in [5, 5.41) is 3.95. The zero-order valence-electron chi connectivity index (χ0n) is 10.7. The van der Waals surface area contributed by atoms with Gasteiger partial charge in [-0.25, -0.2) is 13.6 Å². The zero-order chi connectivity index (χ0) is 14.6. The van der Waals surface area contributed by atoms with Crippen molar-refractivity contribution < 1.29 is 12.6 Å². The third kappa shape index (κ3) is 4.00. The average Bonchev–Trinajstić information content (AvgIpc) is 2.39. The molecular formula is C14H15NO3S2. The fraction of sp³-hybridized carbons (Fsp3) is 0.143. The molecule has 6 heteroatoms. The molecule has 4 nitrogen and oxygen atoms in total. The van der Waals surface area contributed by atoms with Crippen LogP contribution in [0, 0.1) is 0 Å². The number of hydrogen-bond acceptors (Lipinski definition) is 3. The maximum Gasteiger partial charge on any atom is 0.221 e. The van der Waals surface area contributed by atoms with Crippen molar-refractivity contribution in [3.05, 3.63) is 71.8 Å². The Morgan fingerprint density at radius 3 is 1.65 bits per heavy atom. The highest BCUT2D eigenvalue weighted by Crippen LogP contribution is 2.28. The van der Waals surface area contributed by atoms with E-state index in [0.717, 1.165) is 11.1 Å². The second-order valence-electron chi connectivity index (χ2n) is 4.36. The molecule has 20 heavy (non-hydrogen) atoms. The molecule has 2 rings (SSSR count). The summed E-state index contributed by atoms with van der Waals surface area (Å²) in [4.78, 5) is 0. The van der Waals surface area contributed by atoms with Crippen LogP contribution in [-0.4, -0.2) is 17.7 Å². The van der Waals surface area contributed by atoms with Crippen molar-refractivity contribution in [3.63, 3.8) is 0 Å². The first-order chi connectivity index (χ1) is 9.47. The molecule has 106 valence electrons. The standard InChI is InChI=1S/C14H15NO3S2/c15-20(17,18)11-19(16)14(12-7-3-1-4-8-12)13-9-5-2-6-10-13/h1-10,14H,11H2,(H2,15,17,18). The van der Waals surface area contributed by atoms with Crippen LogP contribution in [0.25, 0.3) is 0 Å². The molecule has 0 radical (unpaired) electrons. The Morgan fingerprint density at radius 1 is 0.900 bits per heavy atom. The van der Waals surface area contributed by atoms with Gasteiger partial charge in [0.05, 0.1) is 5.25 Å². The molecule has 0 saturated carbocycles. The molecular weight excluding hydrogens is 294 g/mol. The fourth-order valence-corrected chi connectivity index (χ4v) is 4.74. The molecule has 0 aliphatic heterocycles. The quantitative estimate of drug-likeness (QED) is 0.914. The molecule has 0 heterocycles. The van der Waals surface area contributed by atoms with Crippen molar-refractivity contribution in [1.82, 2.24) is 0 Å². The Morgan fingerprint density at radius 2 is 1.30 bits per heavy atom. The average molecular weight is 309 g/mol. The van der Waals surface area contributed by atoms with Crippen LogP contribution in [0.3, 0.4) is 0 Å². The minimum Gasteiger partial charge on any atom is -0.257 e. The summed E-state index contributed by atoms with van der Waals surface area (Å²) in [5.74, 6) is 0. The van der Waals surface area contributed by atoms with Crippen LogP contribution >= 0.6 is 0 Å². The van der Waals surface area contributed by atoms with Crippen LogP contribution < -0.4 is 5.14 Å². The molecule has 1 atom stereocenters. The normalized spacial score (nSPS) is 13.3. The molecule has 2 aromatic rings. The summed E-state index contributed by atoms with van der Waals surface area (Å²) in [6, 6.07) is 18.4. The van der Waals surface area contributed by atoms with Crippen LogP contribution in [0.4, 0.5) is 0 Å². The Hall–Kier alpha value is -1.50. The van der Waals surface area contributed by atoms with Gasteiger partial charge in [-0.15, -0.1) is 0 Å². The summed E-state index contributed by atoms with van der Waals surface area (Å²) >= 11 is 0. The van der Waals surface area contributed by atoms with Gasteiger partial charge in [0.25, 0.3) is 0 Å². The van der Waals surface area contributed by atoms with Gasteiger partial charge in [-0.2, -0.15) is 0 Å². The van der Waals surface area contributed by atoms with Crippen molar-refractivity contribution in [2.24, 2.45) is 5.14 Å². The third-order valence-electron chi connectivity index (χ3n) is 2.75. The summed E-state index contributed by atoms with van der Waals surface area (Å²) in [5.41, 5.74) is 1.61. The lowest BCUT2D eigenvalue weighted by molar-refractivity contribution is 0.601. The van der Waals surface area contributed by atoms with Crippen LogP contribution in [-0.2, 0) is 20.8 Å². The third-order valence-corrected chi connectivity index (χ3v) is 6.06. The molecule has 0 fully saturated rings. The zero-order valence-corrected chi connectivity index (χ0v) is 12.3. The second-order valence-corrected chi connectivity index (χ2v) is 7.86. The maximum absolute atomic E-state index is 12.4. The van der Waals surface area contributed by atoms with Gasteiger partial charge in [0.15, 0.2) is 0 Å². The lowest BCUT2D eigenvalue weighted by atomic mass is 10.0. The molecule has 0 aromatic heterocycles. The number of benzene rings is 2. The van der Waals surface area contributed by atoms with Gasteiger partial charge in [-0.3, -0.25) is 4.21 Å². The highest BCUT2D eigenvalue weighted by atomic mass is 32.3. The smallest absolute Gasteiger partial charge is 0.221 e. The molecule has 1 unspecified atom stereocenters. The number of primary sulfonamides is 1. The van der Waals surface area contributed by atoms with Gasteiger partial charge in [0.1, 0.15) is 5.08 Å². The lowest BCUT2D eigenvalue weighted by Crippen LogP contribution is -2.23. The Balaban J connectivity index is 2.43. The van der Waals surface area contributed by atoms with Gasteiger partial charge < -0.3 is 0 Å². The molecule has 0 spiro atoms. The van der Waals surface area contributed by atoms with Gasteiger partial charge in [0, 0.05) is 10.8 Å². The first kappa shape index (κ1) is 14.9. The minimum absolute atomic E-state index is 0.504. The van der Waals surface area contributed by atoms with Crippen molar-refractivity contribution in [2.45, 2.75) is 5.25 Å². The van der Waals surface area contributed by atoms with E-state index in [9.17, 15) is 12.6 Å². The van der Waals surface area contributed by atoms with E-state index in [-0.39, 0.29) is 0 Å². The summed E-state index contributed by atoms with van der Waals surface area (Å²) in [6.45, 7) is 0. The van der Waals surface area contributed by atoms with Gasteiger partial charge in [-0.05, 0) is 11.1 Å². The molecule has 0 aliphatic rings. The summed E-state index contributed by atoms with van der Waals surface area (Å²) in [6.07, 6.45) is 0.